The van der Waals surface area contributed by atoms with Crippen LogP contribution in [-0.2, 0) is 4.74 Å². The second-order valence-corrected chi connectivity index (χ2v) is 6.87. The Morgan fingerprint density at radius 2 is 1.83 bits per heavy atom. The highest BCUT2D eigenvalue weighted by Gasteiger charge is 2.24. The Morgan fingerprint density at radius 3 is 2.55 bits per heavy atom. The second kappa shape index (κ2) is 8.50. The molecule has 2 heterocycles. The monoisotopic (exact) mass is 396 g/mol. The van der Waals surface area contributed by atoms with Crippen LogP contribution in [0.4, 0.5) is 4.39 Å². The van der Waals surface area contributed by atoms with Gasteiger partial charge in [0.15, 0.2) is 5.69 Å². The zero-order chi connectivity index (χ0) is 20.2. The van der Waals surface area contributed by atoms with Crippen LogP contribution in [0.5, 0.6) is 0 Å². The number of aromatic nitrogens is 2. The van der Waals surface area contributed by atoms with Crippen LogP contribution in [0.1, 0.15) is 22.1 Å². The number of nitrogens with zero attached hydrogens (tertiary/aromatic N) is 2. The molecule has 0 aliphatic carbocycles. The second-order valence-electron chi connectivity index (χ2n) is 6.87. The van der Waals surface area contributed by atoms with Crippen molar-refractivity contribution in [3.63, 3.8) is 0 Å². The average Bonchev–Trinajstić information content (AvgIpc) is 2.76. The number of hydrogen-bond donors (Lipinski definition) is 2. The molecule has 1 aromatic heterocycles. The van der Waals surface area contributed by atoms with Crippen LogP contribution in [0.15, 0.2) is 53.3 Å². The lowest BCUT2D eigenvalue weighted by molar-refractivity contribution is 0.0162. The van der Waals surface area contributed by atoms with Gasteiger partial charge in [0.1, 0.15) is 5.82 Å². The van der Waals surface area contributed by atoms with Gasteiger partial charge in [0.2, 0.25) is 0 Å². The molecule has 1 atom stereocenters. The van der Waals surface area contributed by atoms with E-state index < -0.39 is 0 Å². The van der Waals surface area contributed by atoms with E-state index in [9.17, 15) is 14.0 Å². The molecule has 2 aromatic carbocycles. The molecule has 2 N–H and O–H groups in total. The van der Waals surface area contributed by atoms with E-state index in [-0.39, 0.29) is 29.0 Å². The zero-order valence-corrected chi connectivity index (χ0v) is 15.7. The fourth-order valence-corrected chi connectivity index (χ4v) is 3.59. The highest BCUT2D eigenvalue weighted by atomic mass is 19.1. The molecular weight excluding hydrogens is 375 g/mol. The summed E-state index contributed by atoms with van der Waals surface area (Å²) in [6.07, 6.45) is 0. The van der Waals surface area contributed by atoms with E-state index >= 15 is 0 Å². The van der Waals surface area contributed by atoms with Gasteiger partial charge in [-0.3, -0.25) is 14.5 Å². The van der Waals surface area contributed by atoms with Crippen molar-refractivity contribution in [1.82, 2.24) is 20.4 Å². The molecule has 1 unspecified atom stereocenters. The number of hydrogen-bond acceptors (Lipinski definition) is 5. The molecule has 29 heavy (non-hydrogen) atoms. The molecule has 0 radical (unpaired) electrons. The molecule has 1 aliphatic heterocycles. The summed E-state index contributed by atoms with van der Waals surface area (Å²) in [6, 6.07) is 13.0. The lowest BCUT2D eigenvalue weighted by Crippen LogP contribution is -2.44. The van der Waals surface area contributed by atoms with Crippen LogP contribution in [0.25, 0.3) is 10.8 Å². The van der Waals surface area contributed by atoms with E-state index in [0.717, 1.165) is 18.7 Å². The van der Waals surface area contributed by atoms with Crippen molar-refractivity contribution >= 4 is 16.7 Å². The number of benzene rings is 2. The van der Waals surface area contributed by atoms with Crippen LogP contribution in [0.2, 0.25) is 0 Å². The van der Waals surface area contributed by atoms with E-state index in [1.807, 2.05) is 0 Å². The summed E-state index contributed by atoms with van der Waals surface area (Å²) < 4.78 is 18.8. The molecule has 3 aromatic rings. The Bertz CT molecular complexity index is 1060. The summed E-state index contributed by atoms with van der Waals surface area (Å²) in [5.74, 6) is -0.680. The first-order valence-corrected chi connectivity index (χ1v) is 9.46. The first-order chi connectivity index (χ1) is 14.1. The van der Waals surface area contributed by atoms with Crippen molar-refractivity contribution in [1.29, 1.82) is 0 Å². The maximum Gasteiger partial charge on any atom is 0.272 e. The van der Waals surface area contributed by atoms with Crippen molar-refractivity contribution in [2.75, 3.05) is 32.8 Å². The number of morpholine rings is 1. The third-order valence-electron chi connectivity index (χ3n) is 5.11. The Morgan fingerprint density at radius 1 is 1.14 bits per heavy atom. The standard InChI is InChI=1S/C21H21FN4O3/c22-15-7-5-14(6-8-15)18(26-9-11-29-12-10-26)13-23-21(28)19-16-3-1-2-4-17(16)20(27)25-24-19/h1-8,18H,9-13H2,(H,23,28)(H,25,27). The van der Waals surface area contributed by atoms with Gasteiger partial charge >= 0.3 is 0 Å². The summed E-state index contributed by atoms with van der Waals surface area (Å²) >= 11 is 0. The molecule has 0 saturated carbocycles. The molecule has 1 amide bonds. The van der Waals surface area contributed by atoms with Gasteiger partial charge in [-0.2, -0.15) is 5.10 Å². The predicted octanol–water partition coefficient (Wildman–Crippen LogP) is 1.87. The minimum atomic E-state index is -0.377. The Kier molecular flexibility index (Phi) is 5.64. The zero-order valence-electron chi connectivity index (χ0n) is 15.7. The van der Waals surface area contributed by atoms with Crippen LogP contribution in [0, 0.1) is 5.82 Å². The topological polar surface area (TPSA) is 87.3 Å². The molecule has 7 nitrogen and oxygen atoms in total. The van der Waals surface area contributed by atoms with Crippen LogP contribution < -0.4 is 10.9 Å². The van der Waals surface area contributed by atoms with E-state index in [0.29, 0.717) is 30.5 Å². The predicted molar refractivity (Wildman–Crippen MR) is 106 cm³/mol. The lowest BCUT2D eigenvalue weighted by Gasteiger charge is -2.34. The Labute approximate surface area is 166 Å². The van der Waals surface area contributed by atoms with E-state index in [1.165, 1.54) is 12.1 Å². The normalized spacial score (nSPS) is 15.9. The third kappa shape index (κ3) is 4.18. The highest BCUT2D eigenvalue weighted by Crippen LogP contribution is 2.22. The number of rotatable bonds is 5. The van der Waals surface area contributed by atoms with Gasteiger partial charge in [0.25, 0.3) is 11.5 Å². The van der Waals surface area contributed by atoms with Gasteiger partial charge in [0.05, 0.1) is 24.6 Å². The third-order valence-corrected chi connectivity index (χ3v) is 5.11. The van der Waals surface area contributed by atoms with Gasteiger partial charge in [-0.1, -0.05) is 30.3 Å². The number of halogens is 1. The summed E-state index contributed by atoms with van der Waals surface area (Å²) in [5.41, 5.74) is 0.738. The molecule has 1 saturated heterocycles. The number of carbonyl (C=O) groups is 1. The van der Waals surface area contributed by atoms with Crippen molar-refractivity contribution in [3.8, 4) is 0 Å². The number of ether oxygens (including phenoxy) is 1. The lowest BCUT2D eigenvalue weighted by atomic mass is 10.0. The highest BCUT2D eigenvalue weighted by molar-refractivity contribution is 6.04. The smallest absolute Gasteiger partial charge is 0.272 e. The maximum atomic E-state index is 13.4. The van der Waals surface area contributed by atoms with E-state index in [2.05, 4.69) is 20.4 Å². The Balaban J connectivity index is 1.57. The van der Waals surface area contributed by atoms with Gasteiger partial charge in [-0.15, -0.1) is 0 Å². The van der Waals surface area contributed by atoms with Gasteiger partial charge < -0.3 is 10.1 Å². The number of carbonyl (C=O) groups excluding carboxylic acids is 1. The number of aromatic amines is 1. The SMILES string of the molecule is O=C(NCC(c1ccc(F)cc1)N1CCOCC1)c1n[nH]c(=O)c2ccccc12. The molecular formula is C21H21FN4O3. The van der Waals surface area contributed by atoms with Crippen molar-refractivity contribution in [3.05, 3.63) is 76.0 Å². The fourth-order valence-electron chi connectivity index (χ4n) is 3.59. The molecule has 4 rings (SSSR count). The van der Waals surface area contributed by atoms with Crippen LogP contribution >= 0.6 is 0 Å². The Hall–Kier alpha value is -3.10. The summed E-state index contributed by atoms with van der Waals surface area (Å²) in [5, 5.41) is 10.2. The van der Waals surface area contributed by atoms with Gasteiger partial charge in [0, 0.05) is 25.0 Å². The quantitative estimate of drug-likeness (QED) is 0.688. The van der Waals surface area contributed by atoms with E-state index in [4.69, 9.17) is 4.74 Å². The summed E-state index contributed by atoms with van der Waals surface area (Å²) in [7, 11) is 0. The summed E-state index contributed by atoms with van der Waals surface area (Å²) in [6.45, 7) is 2.98. The van der Waals surface area contributed by atoms with E-state index in [1.54, 1.807) is 36.4 Å². The fraction of sp³-hybridized carbons (Fsp3) is 0.286. The minimum Gasteiger partial charge on any atom is -0.379 e. The molecule has 150 valence electrons. The first-order valence-electron chi connectivity index (χ1n) is 9.46. The largest absolute Gasteiger partial charge is 0.379 e. The molecule has 8 heteroatoms. The number of H-pyrrole nitrogens is 1. The maximum absolute atomic E-state index is 13.4. The first kappa shape index (κ1) is 19.2. The molecule has 0 spiro atoms. The van der Waals surface area contributed by atoms with Crippen molar-refractivity contribution in [2.45, 2.75) is 6.04 Å². The molecule has 0 bridgehead atoms. The number of amides is 1. The number of nitrogens with one attached hydrogen (secondary N) is 2. The molecule has 1 fully saturated rings. The van der Waals surface area contributed by atoms with Gasteiger partial charge in [-0.25, -0.2) is 9.49 Å². The van der Waals surface area contributed by atoms with Crippen molar-refractivity contribution < 1.29 is 13.9 Å². The molecule has 1 aliphatic rings. The number of fused-ring (bicyclic) bond motifs is 1. The van der Waals surface area contributed by atoms with Gasteiger partial charge in [-0.05, 0) is 23.8 Å². The minimum absolute atomic E-state index is 0.127. The van der Waals surface area contributed by atoms with Crippen LogP contribution in [-0.4, -0.2) is 53.9 Å². The average molecular weight is 396 g/mol. The van der Waals surface area contributed by atoms with Crippen molar-refractivity contribution in [2.24, 2.45) is 0 Å². The summed E-state index contributed by atoms with van der Waals surface area (Å²) in [4.78, 5) is 27.0. The van der Waals surface area contributed by atoms with Crippen LogP contribution in [0.3, 0.4) is 0 Å².